The van der Waals surface area contributed by atoms with Gasteiger partial charge < -0.3 is 5.32 Å². The quantitative estimate of drug-likeness (QED) is 0.746. The number of rotatable bonds is 3. The van der Waals surface area contributed by atoms with Gasteiger partial charge in [-0.2, -0.15) is 26.3 Å². The minimum absolute atomic E-state index is 0. The van der Waals surface area contributed by atoms with Crippen LogP contribution in [0.25, 0.3) is 0 Å². The van der Waals surface area contributed by atoms with E-state index in [0.29, 0.717) is 26.2 Å². The van der Waals surface area contributed by atoms with Gasteiger partial charge in [-0.3, -0.25) is 4.90 Å². The molecule has 1 fully saturated rings. The first-order chi connectivity index (χ1) is 10.6. The van der Waals surface area contributed by atoms with E-state index in [1.54, 1.807) is 0 Å². The van der Waals surface area contributed by atoms with Gasteiger partial charge >= 0.3 is 12.4 Å². The number of hydrogen-bond donors (Lipinski definition) is 1. The molecule has 10 heteroatoms. The summed E-state index contributed by atoms with van der Waals surface area (Å²) < 4.78 is 77.3. The van der Waals surface area contributed by atoms with Crippen molar-refractivity contribution < 1.29 is 26.3 Å². The van der Waals surface area contributed by atoms with Crippen LogP contribution < -0.4 is 5.32 Å². The average molecular weight is 397 g/mol. The molecule has 2 rings (SSSR count). The zero-order valence-electron chi connectivity index (χ0n) is 12.3. The molecular formula is C14H16Cl2F6N2. The maximum Gasteiger partial charge on any atom is 0.416 e. The molecule has 1 N–H and O–H groups in total. The topological polar surface area (TPSA) is 15.3 Å². The monoisotopic (exact) mass is 396 g/mol. The lowest BCUT2D eigenvalue weighted by Gasteiger charge is -2.36. The smallest absolute Gasteiger partial charge is 0.314 e. The van der Waals surface area contributed by atoms with Crippen molar-refractivity contribution in [1.29, 1.82) is 0 Å². The predicted octanol–water partition coefficient (Wildman–Crippen LogP) is 4.68. The van der Waals surface area contributed by atoms with Gasteiger partial charge in [0.25, 0.3) is 0 Å². The molecule has 0 aliphatic carbocycles. The van der Waals surface area contributed by atoms with Gasteiger partial charge in [0.15, 0.2) is 0 Å². The Labute approximate surface area is 146 Å². The fourth-order valence-electron chi connectivity index (χ4n) is 2.62. The Morgan fingerprint density at radius 1 is 1.08 bits per heavy atom. The van der Waals surface area contributed by atoms with Crippen LogP contribution in [0.1, 0.15) is 23.6 Å². The van der Waals surface area contributed by atoms with Crippen molar-refractivity contribution in [3.63, 3.8) is 0 Å². The molecule has 0 aromatic heterocycles. The summed E-state index contributed by atoms with van der Waals surface area (Å²) in [5, 5.41) is 2.91. The van der Waals surface area contributed by atoms with Crippen molar-refractivity contribution in [3.05, 3.63) is 34.3 Å². The lowest BCUT2D eigenvalue weighted by Crippen LogP contribution is -2.46. The van der Waals surface area contributed by atoms with E-state index in [2.05, 4.69) is 5.32 Å². The Bertz CT molecular complexity index is 541. The van der Waals surface area contributed by atoms with Gasteiger partial charge in [-0.1, -0.05) is 11.6 Å². The van der Waals surface area contributed by atoms with E-state index < -0.39 is 30.4 Å². The number of alkyl halides is 6. The summed E-state index contributed by atoms with van der Waals surface area (Å²) in [6, 6.07) is 1.27. The van der Waals surface area contributed by atoms with Crippen molar-refractivity contribution in [2.75, 3.05) is 26.2 Å². The summed E-state index contributed by atoms with van der Waals surface area (Å²) in [4.78, 5) is 1.52. The zero-order valence-corrected chi connectivity index (χ0v) is 13.9. The molecule has 1 aromatic rings. The Balaban J connectivity index is 0.00000288. The molecule has 2 nitrogen and oxygen atoms in total. The molecule has 1 aliphatic rings. The molecule has 1 aromatic carbocycles. The number of hydrogen-bond acceptors (Lipinski definition) is 2. The molecule has 0 amide bonds. The fraction of sp³-hybridized carbons (Fsp3) is 0.571. The number of nitrogens with zero attached hydrogens (tertiary/aromatic N) is 1. The molecule has 0 spiro atoms. The van der Waals surface area contributed by atoms with E-state index in [0.717, 1.165) is 18.2 Å². The highest BCUT2D eigenvalue weighted by atomic mass is 35.5. The molecule has 138 valence electrons. The summed E-state index contributed by atoms with van der Waals surface area (Å²) in [6.07, 6.45) is -10.4. The number of benzene rings is 1. The molecule has 0 bridgehead atoms. The third kappa shape index (κ3) is 5.68. The average Bonchev–Trinajstić information content (AvgIpc) is 2.44. The summed E-state index contributed by atoms with van der Waals surface area (Å²) in [5.41, 5.74) is -1.14. The van der Waals surface area contributed by atoms with Gasteiger partial charge in [-0.15, -0.1) is 12.4 Å². The van der Waals surface area contributed by atoms with Crippen molar-refractivity contribution in [1.82, 2.24) is 10.2 Å². The Kier molecular flexibility index (Phi) is 7.22. The molecule has 0 saturated carbocycles. The summed E-state index contributed by atoms with van der Waals surface area (Å²) >= 11 is 5.91. The Morgan fingerprint density at radius 3 is 2.17 bits per heavy atom. The first-order valence-electron chi connectivity index (χ1n) is 6.96. The molecule has 0 radical (unpaired) electrons. The summed E-state index contributed by atoms with van der Waals surface area (Å²) in [6.45, 7) is 1.58. The van der Waals surface area contributed by atoms with Crippen LogP contribution in [0.15, 0.2) is 18.2 Å². The first-order valence-corrected chi connectivity index (χ1v) is 7.34. The number of halogens is 8. The molecule has 24 heavy (non-hydrogen) atoms. The summed E-state index contributed by atoms with van der Waals surface area (Å²) in [5.74, 6) is 0. The third-order valence-electron chi connectivity index (χ3n) is 3.70. The van der Waals surface area contributed by atoms with E-state index >= 15 is 0 Å². The molecule has 1 aliphatic heterocycles. The van der Waals surface area contributed by atoms with Gasteiger partial charge in [-0.25, -0.2) is 0 Å². The van der Waals surface area contributed by atoms with Crippen molar-refractivity contribution in [3.8, 4) is 0 Å². The number of nitrogens with one attached hydrogen (secondary N) is 1. The maximum atomic E-state index is 12.9. The van der Waals surface area contributed by atoms with Gasteiger partial charge in [-0.05, 0) is 23.8 Å². The Hall–Kier alpha value is -0.700. The molecule has 1 heterocycles. The van der Waals surface area contributed by atoms with Crippen LogP contribution in [0.2, 0.25) is 5.02 Å². The van der Waals surface area contributed by atoms with Crippen LogP contribution in [0.4, 0.5) is 26.3 Å². The van der Waals surface area contributed by atoms with Crippen LogP contribution in [0, 0.1) is 0 Å². The first kappa shape index (κ1) is 21.3. The van der Waals surface area contributed by atoms with Gasteiger partial charge in [0, 0.05) is 37.2 Å². The van der Waals surface area contributed by atoms with E-state index in [4.69, 9.17) is 11.6 Å². The number of piperazine rings is 1. The van der Waals surface area contributed by atoms with Crippen LogP contribution in [-0.4, -0.2) is 37.3 Å². The van der Waals surface area contributed by atoms with Crippen LogP contribution >= 0.6 is 24.0 Å². The van der Waals surface area contributed by atoms with Crippen LogP contribution in [-0.2, 0) is 6.18 Å². The molecule has 1 saturated heterocycles. The highest BCUT2D eigenvalue weighted by Crippen LogP contribution is 2.40. The largest absolute Gasteiger partial charge is 0.416 e. The minimum atomic E-state index is -4.63. The second kappa shape index (κ2) is 8.12. The van der Waals surface area contributed by atoms with E-state index in [9.17, 15) is 26.3 Å². The van der Waals surface area contributed by atoms with Gasteiger partial charge in [0.1, 0.15) is 0 Å². The minimum Gasteiger partial charge on any atom is -0.314 e. The fourth-order valence-corrected chi connectivity index (χ4v) is 2.87. The second-order valence-corrected chi connectivity index (χ2v) is 5.76. The SMILES string of the molecule is Cl.FC(F)(F)C[C@@H](c1cc(C(F)(F)F)ccc1Cl)N1CCNCC1. The zero-order chi connectivity index (χ0) is 17.3. The van der Waals surface area contributed by atoms with E-state index in [1.165, 1.54) is 4.90 Å². The second-order valence-electron chi connectivity index (χ2n) is 5.36. The normalized spacial score (nSPS) is 18.1. The lowest BCUT2D eigenvalue weighted by atomic mass is 9.98. The van der Waals surface area contributed by atoms with Crippen LogP contribution in [0.3, 0.4) is 0 Å². The highest BCUT2D eigenvalue weighted by molar-refractivity contribution is 6.31. The molecule has 0 unspecified atom stereocenters. The maximum absolute atomic E-state index is 12.9. The molecular weight excluding hydrogens is 381 g/mol. The van der Waals surface area contributed by atoms with Gasteiger partial charge in [0.2, 0.25) is 0 Å². The standard InChI is InChI=1S/C14H15ClF6N2.ClH/c15-11-2-1-9(14(19,20)21)7-10(11)12(8-13(16,17)18)23-5-3-22-4-6-23;/h1-2,7,12,22H,3-6,8H2;1H/t12-;/m0./s1. The molecule has 1 atom stereocenters. The highest BCUT2D eigenvalue weighted by Gasteiger charge is 2.38. The van der Waals surface area contributed by atoms with Crippen molar-refractivity contribution in [2.24, 2.45) is 0 Å². The Morgan fingerprint density at radius 2 is 1.67 bits per heavy atom. The lowest BCUT2D eigenvalue weighted by molar-refractivity contribution is -0.148. The summed E-state index contributed by atoms with van der Waals surface area (Å²) in [7, 11) is 0. The van der Waals surface area contributed by atoms with E-state index in [-0.39, 0.29) is 23.0 Å². The van der Waals surface area contributed by atoms with Crippen molar-refractivity contribution in [2.45, 2.75) is 24.8 Å². The van der Waals surface area contributed by atoms with Crippen molar-refractivity contribution >= 4 is 24.0 Å². The van der Waals surface area contributed by atoms with Crippen LogP contribution in [0.5, 0.6) is 0 Å². The third-order valence-corrected chi connectivity index (χ3v) is 4.04. The van der Waals surface area contributed by atoms with E-state index in [1.807, 2.05) is 0 Å². The van der Waals surface area contributed by atoms with Gasteiger partial charge in [0.05, 0.1) is 12.0 Å². The predicted molar refractivity (Wildman–Crippen MR) is 81.6 cm³/mol.